The number of likely N-dealkylation sites (N-methyl/N-ethyl adjacent to an activating group) is 1. The molecule has 1 saturated carbocycles. The van der Waals surface area contributed by atoms with Crippen molar-refractivity contribution in [1.82, 2.24) is 15.1 Å². The zero-order valence-electron chi connectivity index (χ0n) is 17.6. The highest BCUT2D eigenvalue weighted by Gasteiger charge is 2.37. The van der Waals surface area contributed by atoms with Gasteiger partial charge in [0.2, 0.25) is 0 Å². The predicted molar refractivity (Wildman–Crippen MR) is 112 cm³/mol. The molecular formula is C22H31N5O2. The molecule has 29 heavy (non-hydrogen) atoms. The van der Waals surface area contributed by atoms with Crippen molar-refractivity contribution in [1.29, 1.82) is 5.26 Å². The summed E-state index contributed by atoms with van der Waals surface area (Å²) in [5.41, 5.74) is 1.63. The maximum absolute atomic E-state index is 12.8. The van der Waals surface area contributed by atoms with E-state index in [0.717, 1.165) is 44.7 Å². The molecule has 7 nitrogen and oxygen atoms in total. The minimum atomic E-state index is -0.681. The maximum atomic E-state index is 12.8. The number of nitrogens with zero attached hydrogens (tertiary/aromatic N) is 4. The van der Waals surface area contributed by atoms with Gasteiger partial charge in [0.15, 0.2) is 6.19 Å². The Bertz CT molecular complexity index is 758. The van der Waals surface area contributed by atoms with E-state index in [1.54, 1.807) is 0 Å². The molecule has 156 valence electrons. The second kappa shape index (κ2) is 9.27. The number of amides is 2. The number of carbonyl (C=O) groups excluding carboxylic acids is 2. The van der Waals surface area contributed by atoms with Gasteiger partial charge in [0.1, 0.15) is 6.04 Å². The number of hydrogen-bond acceptors (Lipinski definition) is 5. The van der Waals surface area contributed by atoms with Crippen LogP contribution >= 0.6 is 0 Å². The van der Waals surface area contributed by atoms with Crippen molar-refractivity contribution in [2.75, 3.05) is 38.1 Å². The Balaban J connectivity index is 1.65. The van der Waals surface area contributed by atoms with Gasteiger partial charge in [-0.05, 0) is 56.5 Å². The number of benzene rings is 1. The summed E-state index contributed by atoms with van der Waals surface area (Å²) in [6, 6.07) is 6.87. The van der Waals surface area contributed by atoms with Crippen LogP contribution < -0.4 is 10.2 Å². The molecule has 0 radical (unpaired) electrons. The van der Waals surface area contributed by atoms with E-state index < -0.39 is 6.04 Å². The standard InChI is InChI=1S/C22H31N5O2/c1-16(2)14-20(22(29)27(15-23)19-8-9-19)24-21(28)17-4-6-18(7-5-17)26-12-10-25(3)11-13-26/h4-7,16,19-20H,8-14H2,1-3H3,(H,24,28). The minimum absolute atomic E-state index is 0.00179. The van der Waals surface area contributed by atoms with Gasteiger partial charge in [0.25, 0.3) is 11.8 Å². The smallest absolute Gasteiger partial charge is 0.258 e. The molecule has 2 amide bonds. The highest BCUT2D eigenvalue weighted by molar-refractivity contribution is 5.98. The van der Waals surface area contributed by atoms with Crippen molar-refractivity contribution < 1.29 is 9.59 Å². The average molecular weight is 398 g/mol. The molecule has 1 atom stereocenters. The van der Waals surface area contributed by atoms with Gasteiger partial charge in [-0.15, -0.1) is 0 Å². The van der Waals surface area contributed by atoms with Gasteiger partial charge in [-0.3, -0.25) is 9.59 Å². The van der Waals surface area contributed by atoms with Crippen molar-refractivity contribution in [2.45, 2.75) is 45.2 Å². The van der Waals surface area contributed by atoms with Crippen LogP contribution in [0.4, 0.5) is 5.69 Å². The van der Waals surface area contributed by atoms with E-state index in [4.69, 9.17) is 0 Å². The first-order chi connectivity index (χ1) is 13.9. The molecule has 1 aliphatic carbocycles. The lowest BCUT2D eigenvalue weighted by atomic mass is 10.0. The first-order valence-corrected chi connectivity index (χ1v) is 10.5. The van der Waals surface area contributed by atoms with Crippen molar-refractivity contribution in [3.05, 3.63) is 29.8 Å². The third kappa shape index (κ3) is 5.48. The van der Waals surface area contributed by atoms with Gasteiger partial charge in [-0.2, -0.15) is 5.26 Å². The lowest BCUT2D eigenvalue weighted by Crippen LogP contribution is -2.48. The molecule has 1 aromatic carbocycles. The van der Waals surface area contributed by atoms with Crippen LogP contribution in [-0.4, -0.2) is 66.9 Å². The SMILES string of the molecule is CC(C)CC(NC(=O)c1ccc(N2CCN(C)CC2)cc1)C(=O)N(C#N)C1CC1. The summed E-state index contributed by atoms with van der Waals surface area (Å²) >= 11 is 0. The molecule has 1 unspecified atom stereocenters. The van der Waals surface area contributed by atoms with E-state index in [0.29, 0.717) is 12.0 Å². The number of rotatable bonds is 7. The normalized spacial score (nSPS) is 18.2. The van der Waals surface area contributed by atoms with E-state index in [-0.39, 0.29) is 23.8 Å². The van der Waals surface area contributed by atoms with Gasteiger partial charge in [-0.1, -0.05) is 13.8 Å². The first-order valence-electron chi connectivity index (χ1n) is 10.5. The van der Waals surface area contributed by atoms with Crippen molar-refractivity contribution in [3.8, 4) is 6.19 Å². The summed E-state index contributed by atoms with van der Waals surface area (Å²) in [5, 5.41) is 12.2. The van der Waals surface area contributed by atoms with Crippen LogP contribution in [0, 0.1) is 17.4 Å². The fraction of sp³-hybridized carbons (Fsp3) is 0.591. The topological polar surface area (TPSA) is 79.7 Å². The molecule has 2 fully saturated rings. The monoisotopic (exact) mass is 397 g/mol. The molecule has 0 bridgehead atoms. The second-order valence-corrected chi connectivity index (χ2v) is 8.53. The lowest BCUT2D eigenvalue weighted by molar-refractivity contribution is -0.131. The molecule has 1 aliphatic heterocycles. The van der Waals surface area contributed by atoms with Crippen LogP contribution in [0.25, 0.3) is 0 Å². The van der Waals surface area contributed by atoms with Gasteiger partial charge >= 0.3 is 0 Å². The van der Waals surface area contributed by atoms with Crippen molar-refractivity contribution in [3.63, 3.8) is 0 Å². The van der Waals surface area contributed by atoms with E-state index >= 15 is 0 Å². The Hall–Kier alpha value is -2.59. The highest BCUT2D eigenvalue weighted by Crippen LogP contribution is 2.27. The largest absolute Gasteiger partial charge is 0.369 e. The van der Waals surface area contributed by atoms with Crippen LogP contribution in [0.3, 0.4) is 0 Å². The quantitative estimate of drug-likeness (QED) is 0.563. The molecule has 0 aromatic heterocycles. The second-order valence-electron chi connectivity index (χ2n) is 8.53. The summed E-state index contributed by atoms with van der Waals surface area (Å²) in [5.74, 6) is -0.350. The molecule has 1 saturated heterocycles. The van der Waals surface area contributed by atoms with Gasteiger partial charge in [-0.25, -0.2) is 4.90 Å². The van der Waals surface area contributed by atoms with E-state index in [1.165, 1.54) is 4.90 Å². The number of carbonyl (C=O) groups is 2. The first kappa shape index (κ1) is 21.1. The van der Waals surface area contributed by atoms with Gasteiger partial charge < -0.3 is 15.1 Å². The van der Waals surface area contributed by atoms with Crippen LogP contribution in [0.1, 0.15) is 43.5 Å². The zero-order valence-corrected chi connectivity index (χ0v) is 17.6. The highest BCUT2D eigenvalue weighted by atomic mass is 16.2. The molecule has 0 spiro atoms. The number of hydrogen-bond donors (Lipinski definition) is 1. The fourth-order valence-electron chi connectivity index (χ4n) is 3.63. The number of anilines is 1. The van der Waals surface area contributed by atoms with E-state index in [9.17, 15) is 14.9 Å². The summed E-state index contributed by atoms with van der Waals surface area (Å²) < 4.78 is 0. The Morgan fingerprint density at radius 3 is 2.31 bits per heavy atom. The maximum Gasteiger partial charge on any atom is 0.258 e. The fourth-order valence-corrected chi connectivity index (χ4v) is 3.63. The van der Waals surface area contributed by atoms with Gasteiger partial charge in [0.05, 0.1) is 0 Å². The molecule has 1 N–H and O–H groups in total. The predicted octanol–water partition coefficient (Wildman–Crippen LogP) is 2.05. The Labute approximate surface area is 173 Å². The van der Waals surface area contributed by atoms with Crippen molar-refractivity contribution >= 4 is 17.5 Å². The zero-order chi connectivity index (χ0) is 21.0. The Morgan fingerprint density at radius 1 is 1.17 bits per heavy atom. The molecule has 7 heteroatoms. The average Bonchev–Trinajstić information content (AvgIpc) is 3.53. The number of nitrogens with one attached hydrogen (secondary N) is 1. The molecule has 1 aromatic rings. The van der Waals surface area contributed by atoms with Crippen LogP contribution in [0.5, 0.6) is 0 Å². The molecule has 3 rings (SSSR count). The third-order valence-corrected chi connectivity index (χ3v) is 5.57. The summed E-state index contributed by atoms with van der Waals surface area (Å²) in [6.07, 6.45) is 4.22. The molecular weight excluding hydrogens is 366 g/mol. The number of nitriles is 1. The third-order valence-electron chi connectivity index (χ3n) is 5.57. The van der Waals surface area contributed by atoms with Gasteiger partial charge in [0, 0.05) is 43.5 Å². The van der Waals surface area contributed by atoms with E-state index in [1.807, 2.05) is 44.3 Å². The minimum Gasteiger partial charge on any atom is -0.369 e. The van der Waals surface area contributed by atoms with Crippen LogP contribution in [0.15, 0.2) is 24.3 Å². The van der Waals surface area contributed by atoms with E-state index in [2.05, 4.69) is 22.2 Å². The Kier molecular flexibility index (Phi) is 6.75. The molecule has 2 aliphatic rings. The van der Waals surface area contributed by atoms with Crippen LogP contribution in [-0.2, 0) is 4.79 Å². The summed E-state index contributed by atoms with van der Waals surface area (Å²) in [6.45, 7) is 8.00. The Morgan fingerprint density at radius 2 is 1.79 bits per heavy atom. The number of piperazine rings is 1. The summed E-state index contributed by atoms with van der Waals surface area (Å²) in [7, 11) is 2.12. The molecule has 1 heterocycles. The van der Waals surface area contributed by atoms with Crippen molar-refractivity contribution in [2.24, 2.45) is 5.92 Å². The van der Waals surface area contributed by atoms with Crippen LogP contribution in [0.2, 0.25) is 0 Å². The lowest BCUT2D eigenvalue weighted by Gasteiger charge is -2.34. The summed E-state index contributed by atoms with van der Waals surface area (Å²) in [4.78, 5) is 31.5.